The zero-order valence-corrected chi connectivity index (χ0v) is 15.7. The van der Waals surface area contributed by atoms with Gasteiger partial charge in [-0.15, -0.1) is 0 Å². The van der Waals surface area contributed by atoms with Crippen LogP contribution >= 0.6 is 0 Å². The van der Waals surface area contributed by atoms with Crippen LogP contribution in [0, 0.1) is 10.1 Å². The van der Waals surface area contributed by atoms with Gasteiger partial charge in [0, 0.05) is 32.2 Å². The standard InChI is InChI=1S/C19H20N4O6/c1-28-17-12-13(23(26)27)6-7-15(17)21-18(24)14-4-2-3-5-16(14)29-19(25)22-10-8-20-9-11-22/h2-7,12,20H,8-11H2,1H3,(H,21,24). The van der Waals surface area contributed by atoms with Gasteiger partial charge in [-0.2, -0.15) is 0 Å². The Bertz CT molecular complexity index is 927. The summed E-state index contributed by atoms with van der Waals surface area (Å²) in [6.45, 7) is 2.40. The molecule has 2 amide bonds. The molecule has 1 aliphatic rings. The molecule has 1 heterocycles. The quantitative estimate of drug-likeness (QED) is 0.583. The number of methoxy groups -OCH3 is 1. The second-order valence-corrected chi connectivity index (χ2v) is 6.20. The number of benzene rings is 2. The van der Waals surface area contributed by atoms with Crippen LogP contribution in [0.25, 0.3) is 0 Å². The molecule has 0 aliphatic carbocycles. The average molecular weight is 400 g/mol. The Balaban J connectivity index is 1.78. The summed E-state index contributed by atoms with van der Waals surface area (Å²) in [5.74, 6) is -0.280. The van der Waals surface area contributed by atoms with Crippen molar-refractivity contribution in [2.24, 2.45) is 0 Å². The maximum Gasteiger partial charge on any atom is 0.415 e. The summed E-state index contributed by atoms with van der Waals surface area (Å²) >= 11 is 0. The van der Waals surface area contributed by atoms with Crippen LogP contribution in [0.15, 0.2) is 42.5 Å². The lowest BCUT2D eigenvalue weighted by molar-refractivity contribution is -0.384. The molecular weight excluding hydrogens is 380 g/mol. The molecular formula is C19H20N4O6. The van der Waals surface area contributed by atoms with Gasteiger partial charge in [0.2, 0.25) is 0 Å². The van der Waals surface area contributed by atoms with E-state index in [9.17, 15) is 19.7 Å². The van der Waals surface area contributed by atoms with Gasteiger partial charge in [0.25, 0.3) is 11.6 Å². The number of anilines is 1. The molecule has 3 rings (SSSR count). The lowest BCUT2D eigenvalue weighted by Crippen LogP contribution is -2.47. The van der Waals surface area contributed by atoms with E-state index in [2.05, 4.69) is 10.6 Å². The molecule has 0 spiro atoms. The Hall–Kier alpha value is -3.66. The van der Waals surface area contributed by atoms with Gasteiger partial charge < -0.3 is 25.0 Å². The molecule has 2 aromatic carbocycles. The van der Waals surface area contributed by atoms with Gasteiger partial charge in [-0.05, 0) is 18.2 Å². The second kappa shape index (κ2) is 9.02. The molecule has 0 bridgehead atoms. The molecule has 2 aromatic rings. The van der Waals surface area contributed by atoms with Crippen LogP contribution in [-0.4, -0.2) is 55.1 Å². The molecule has 0 saturated carbocycles. The molecule has 10 heteroatoms. The molecule has 1 fully saturated rings. The molecule has 0 radical (unpaired) electrons. The molecule has 152 valence electrons. The van der Waals surface area contributed by atoms with E-state index >= 15 is 0 Å². The summed E-state index contributed by atoms with van der Waals surface area (Å²) in [5, 5.41) is 16.7. The number of para-hydroxylation sites is 1. The van der Waals surface area contributed by atoms with E-state index in [1.165, 1.54) is 37.4 Å². The van der Waals surface area contributed by atoms with Gasteiger partial charge in [0.05, 0.1) is 29.4 Å². The maximum atomic E-state index is 12.8. The van der Waals surface area contributed by atoms with Crippen molar-refractivity contribution >= 4 is 23.4 Å². The number of nitro benzene ring substituents is 1. The summed E-state index contributed by atoms with van der Waals surface area (Å²) in [4.78, 5) is 37.0. The van der Waals surface area contributed by atoms with Gasteiger partial charge in [-0.3, -0.25) is 14.9 Å². The Kier molecular flexibility index (Phi) is 6.25. The highest BCUT2D eigenvalue weighted by atomic mass is 16.6. The minimum absolute atomic E-state index is 0.120. The summed E-state index contributed by atoms with van der Waals surface area (Å²) in [7, 11) is 1.35. The first-order valence-corrected chi connectivity index (χ1v) is 8.90. The van der Waals surface area contributed by atoms with Crippen LogP contribution in [0.5, 0.6) is 11.5 Å². The minimum atomic E-state index is -0.557. The first kappa shape index (κ1) is 20.1. The lowest BCUT2D eigenvalue weighted by Gasteiger charge is -2.26. The third kappa shape index (κ3) is 4.79. The van der Waals surface area contributed by atoms with E-state index in [0.717, 1.165) is 0 Å². The van der Waals surface area contributed by atoms with E-state index in [4.69, 9.17) is 9.47 Å². The number of piperazine rings is 1. The first-order valence-electron chi connectivity index (χ1n) is 8.90. The highest BCUT2D eigenvalue weighted by Gasteiger charge is 2.22. The largest absolute Gasteiger partial charge is 0.494 e. The van der Waals surface area contributed by atoms with Crippen molar-refractivity contribution in [1.82, 2.24) is 10.2 Å². The normalized spacial score (nSPS) is 13.5. The van der Waals surface area contributed by atoms with Crippen molar-refractivity contribution in [3.05, 3.63) is 58.1 Å². The number of carbonyl (C=O) groups is 2. The van der Waals surface area contributed by atoms with Crippen molar-refractivity contribution in [2.45, 2.75) is 0 Å². The van der Waals surface area contributed by atoms with E-state index in [0.29, 0.717) is 26.2 Å². The van der Waals surface area contributed by atoms with Gasteiger partial charge >= 0.3 is 6.09 Å². The van der Waals surface area contributed by atoms with Crippen LogP contribution < -0.4 is 20.1 Å². The zero-order valence-electron chi connectivity index (χ0n) is 15.7. The molecule has 2 N–H and O–H groups in total. The topological polar surface area (TPSA) is 123 Å². The number of ether oxygens (including phenoxy) is 2. The number of rotatable bonds is 5. The zero-order chi connectivity index (χ0) is 20.8. The summed E-state index contributed by atoms with van der Waals surface area (Å²) in [6, 6.07) is 10.2. The van der Waals surface area contributed by atoms with Crippen LogP contribution in [0.2, 0.25) is 0 Å². The van der Waals surface area contributed by atoms with Gasteiger partial charge in [0.1, 0.15) is 11.5 Å². The molecule has 0 aromatic heterocycles. The number of nitro groups is 1. The molecule has 1 saturated heterocycles. The van der Waals surface area contributed by atoms with Crippen LogP contribution in [0.1, 0.15) is 10.4 Å². The fourth-order valence-corrected chi connectivity index (χ4v) is 2.84. The first-order chi connectivity index (χ1) is 14.0. The number of carbonyl (C=O) groups excluding carboxylic acids is 2. The van der Waals surface area contributed by atoms with E-state index in [1.807, 2.05) is 0 Å². The SMILES string of the molecule is COc1cc([N+](=O)[O-])ccc1NC(=O)c1ccccc1OC(=O)N1CCNCC1. The van der Waals surface area contributed by atoms with Crippen LogP contribution in [0.3, 0.4) is 0 Å². The Morgan fingerprint density at radius 2 is 1.86 bits per heavy atom. The third-order valence-electron chi connectivity index (χ3n) is 4.35. The third-order valence-corrected chi connectivity index (χ3v) is 4.35. The van der Waals surface area contributed by atoms with Gasteiger partial charge in [-0.1, -0.05) is 12.1 Å². The van der Waals surface area contributed by atoms with Crippen molar-refractivity contribution in [3.63, 3.8) is 0 Å². The smallest absolute Gasteiger partial charge is 0.415 e. The van der Waals surface area contributed by atoms with Gasteiger partial charge in [-0.25, -0.2) is 4.79 Å². The summed E-state index contributed by atoms with van der Waals surface area (Å²) < 4.78 is 10.6. The lowest BCUT2D eigenvalue weighted by atomic mass is 10.1. The van der Waals surface area contributed by atoms with Crippen molar-refractivity contribution in [3.8, 4) is 11.5 Å². The van der Waals surface area contributed by atoms with E-state index in [-0.39, 0.29) is 28.4 Å². The minimum Gasteiger partial charge on any atom is -0.494 e. The fraction of sp³-hybridized carbons (Fsp3) is 0.263. The Morgan fingerprint density at radius 3 is 2.55 bits per heavy atom. The molecule has 1 aliphatic heterocycles. The number of nitrogens with one attached hydrogen (secondary N) is 2. The van der Waals surface area contributed by atoms with Crippen LogP contribution in [-0.2, 0) is 0 Å². The second-order valence-electron chi connectivity index (χ2n) is 6.20. The number of nitrogens with zero attached hydrogens (tertiary/aromatic N) is 2. The molecule has 0 unspecified atom stereocenters. The predicted molar refractivity (Wildman–Crippen MR) is 105 cm³/mol. The summed E-state index contributed by atoms with van der Waals surface area (Å²) in [5.41, 5.74) is 0.243. The Morgan fingerprint density at radius 1 is 1.14 bits per heavy atom. The monoisotopic (exact) mass is 400 g/mol. The Labute approximate surface area is 166 Å². The van der Waals surface area contributed by atoms with Crippen molar-refractivity contribution < 1.29 is 24.0 Å². The molecule has 10 nitrogen and oxygen atoms in total. The molecule has 0 atom stereocenters. The fourth-order valence-electron chi connectivity index (χ4n) is 2.84. The maximum absolute atomic E-state index is 12.8. The number of hydrogen-bond acceptors (Lipinski definition) is 7. The van der Waals surface area contributed by atoms with E-state index < -0.39 is 16.9 Å². The van der Waals surface area contributed by atoms with E-state index in [1.54, 1.807) is 17.0 Å². The highest BCUT2D eigenvalue weighted by Crippen LogP contribution is 2.30. The van der Waals surface area contributed by atoms with Crippen molar-refractivity contribution in [1.29, 1.82) is 0 Å². The molecule has 29 heavy (non-hydrogen) atoms. The highest BCUT2D eigenvalue weighted by molar-refractivity contribution is 6.07. The number of non-ortho nitro benzene ring substituents is 1. The number of hydrogen-bond donors (Lipinski definition) is 2. The number of amides is 2. The summed E-state index contributed by atoms with van der Waals surface area (Å²) in [6.07, 6.45) is -0.528. The van der Waals surface area contributed by atoms with Crippen molar-refractivity contribution in [2.75, 3.05) is 38.6 Å². The average Bonchev–Trinajstić information content (AvgIpc) is 2.74. The van der Waals surface area contributed by atoms with Gasteiger partial charge in [0.15, 0.2) is 0 Å². The predicted octanol–water partition coefficient (Wildman–Crippen LogP) is 2.26. The van der Waals surface area contributed by atoms with Crippen LogP contribution in [0.4, 0.5) is 16.2 Å².